The van der Waals surface area contributed by atoms with Crippen LogP contribution in [0.5, 0.6) is 5.75 Å². The van der Waals surface area contributed by atoms with Gasteiger partial charge in [-0.2, -0.15) is 0 Å². The number of amides is 1. The number of rotatable bonds is 7. The Morgan fingerprint density at radius 3 is 2.68 bits per heavy atom. The second-order valence-corrected chi connectivity index (χ2v) is 12.7. The average Bonchev–Trinajstić information content (AvgIpc) is 3.61. The minimum absolute atomic E-state index is 0.0179. The van der Waals surface area contributed by atoms with Crippen LogP contribution >= 0.6 is 0 Å². The molecule has 3 heterocycles. The molecule has 0 N–H and O–H groups in total. The Bertz CT molecular complexity index is 1260. The third-order valence-electron chi connectivity index (χ3n) is 7.95. The molecule has 37 heavy (non-hydrogen) atoms. The zero-order valence-electron chi connectivity index (χ0n) is 21.8. The molecule has 2 aromatic rings. The molecule has 9 heteroatoms. The molecule has 3 fully saturated rings. The molecular weight excluding hydrogens is 492 g/mol. The summed E-state index contributed by atoms with van der Waals surface area (Å²) in [7, 11) is -1.83. The summed E-state index contributed by atoms with van der Waals surface area (Å²) in [5.41, 5.74) is 3.33. The average molecular weight is 529 g/mol. The third kappa shape index (κ3) is 5.55. The molecule has 5 rings (SSSR count). The van der Waals surface area contributed by atoms with Gasteiger partial charge in [-0.3, -0.25) is 4.79 Å². The van der Waals surface area contributed by atoms with Crippen molar-refractivity contribution in [1.82, 2.24) is 9.21 Å². The van der Waals surface area contributed by atoms with Crippen LogP contribution in [-0.4, -0.2) is 82.2 Å². The number of carbonyl (C=O) groups excluding carboxylic acids is 1. The number of carbonyl (C=O) groups is 1. The van der Waals surface area contributed by atoms with Gasteiger partial charge in [0.15, 0.2) is 0 Å². The molecular formula is C28H36N2O6S. The maximum absolute atomic E-state index is 13.2. The zero-order chi connectivity index (χ0) is 26.2. The molecule has 3 saturated heterocycles. The maximum Gasteiger partial charge on any atom is 0.254 e. The Kier molecular flexibility index (Phi) is 7.33. The molecule has 2 aromatic carbocycles. The number of ether oxygens (including phenoxy) is 3. The van der Waals surface area contributed by atoms with Crippen LogP contribution in [0.15, 0.2) is 42.5 Å². The first-order valence-electron chi connectivity index (χ1n) is 12.9. The van der Waals surface area contributed by atoms with Crippen molar-refractivity contribution in [2.45, 2.75) is 44.6 Å². The van der Waals surface area contributed by atoms with Crippen LogP contribution in [0.2, 0.25) is 0 Å². The second-order valence-electron chi connectivity index (χ2n) is 10.7. The van der Waals surface area contributed by atoms with Crippen molar-refractivity contribution in [1.29, 1.82) is 0 Å². The van der Waals surface area contributed by atoms with Gasteiger partial charge in [-0.05, 0) is 56.0 Å². The number of aryl methyl sites for hydroxylation is 2. The molecule has 3 aliphatic heterocycles. The van der Waals surface area contributed by atoms with Gasteiger partial charge in [-0.1, -0.05) is 29.8 Å². The van der Waals surface area contributed by atoms with Gasteiger partial charge in [-0.25, -0.2) is 12.7 Å². The highest BCUT2D eigenvalue weighted by Crippen LogP contribution is 2.39. The predicted molar refractivity (Wildman–Crippen MR) is 140 cm³/mol. The molecule has 0 aliphatic carbocycles. The van der Waals surface area contributed by atoms with E-state index < -0.39 is 10.0 Å². The molecule has 0 bridgehead atoms. The minimum atomic E-state index is -3.45. The van der Waals surface area contributed by atoms with Crippen LogP contribution in [0.3, 0.4) is 0 Å². The first-order chi connectivity index (χ1) is 17.7. The Morgan fingerprint density at radius 2 is 1.92 bits per heavy atom. The van der Waals surface area contributed by atoms with Crippen LogP contribution < -0.4 is 4.74 Å². The van der Waals surface area contributed by atoms with Crippen molar-refractivity contribution in [2.24, 2.45) is 5.41 Å². The Balaban J connectivity index is 1.25. The van der Waals surface area contributed by atoms with Gasteiger partial charge in [-0.15, -0.1) is 0 Å². The first-order valence-corrected chi connectivity index (χ1v) is 14.5. The standard InChI is InChI=1S/C28H36N2O6S/c1-20-7-8-21(2)24(13-20)27(31)29-15-25(34-3)26(16-29)36-23-6-4-5-22(14-23)17-37(32,33)30-11-9-28(18-30)10-12-35-19-28/h4-8,13-14,25-26H,9-12,15-19H2,1-3H3. The molecule has 3 atom stereocenters. The van der Waals surface area contributed by atoms with Crippen molar-refractivity contribution < 1.29 is 27.4 Å². The molecule has 1 spiro atoms. The number of hydrogen-bond acceptors (Lipinski definition) is 6. The number of benzene rings is 2. The largest absolute Gasteiger partial charge is 0.486 e. The molecule has 0 radical (unpaired) electrons. The molecule has 3 aliphatic rings. The lowest BCUT2D eigenvalue weighted by atomic mass is 9.87. The van der Waals surface area contributed by atoms with Crippen molar-refractivity contribution in [3.8, 4) is 5.75 Å². The smallest absolute Gasteiger partial charge is 0.254 e. The molecule has 0 aromatic heterocycles. The van der Waals surface area contributed by atoms with Gasteiger partial charge in [0.1, 0.15) is 18.0 Å². The van der Waals surface area contributed by atoms with E-state index in [1.54, 1.807) is 22.4 Å². The van der Waals surface area contributed by atoms with E-state index in [4.69, 9.17) is 14.2 Å². The van der Waals surface area contributed by atoms with E-state index >= 15 is 0 Å². The fourth-order valence-electron chi connectivity index (χ4n) is 5.67. The molecule has 3 unspecified atom stereocenters. The lowest BCUT2D eigenvalue weighted by Gasteiger charge is -2.22. The second kappa shape index (κ2) is 10.4. The van der Waals surface area contributed by atoms with Gasteiger partial charge in [0.2, 0.25) is 10.0 Å². The Hall–Kier alpha value is -2.46. The highest BCUT2D eigenvalue weighted by molar-refractivity contribution is 7.88. The minimum Gasteiger partial charge on any atom is -0.486 e. The van der Waals surface area contributed by atoms with Crippen LogP contribution in [0.1, 0.15) is 39.9 Å². The van der Waals surface area contributed by atoms with Crippen LogP contribution in [0.4, 0.5) is 0 Å². The van der Waals surface area contributed by atoms with Crippen molar-refractivity contribution in [3.63, 3.8) is 0 Å². The van der Waals surface area contributed by atoms with Crippen molar-refractivity contribution in [2.75, 3.05) is 46.5 Å². The number of hydrogen-bond donors (Lipinski definition) is 0. The first kappa shape index (κ1) is 26.2. The van der Waals surface area contributed by atoms with Crippen LogP contribution in [0, 0.1) is 19.3 Å². The summed E-state index contributed by atoms with van der Waals surface area (Å²) in [6, 6.07) is 13.1. The normalized spacial score (nSPS) is 26.3. The van der Waals surface area contributed by atoms with Gasteiger partial charge in [0.05, 0.1) is 25.4 Å². The van der Waals surface area contributed by atoms with E-state index in [0.29, 0.717) is 56.3 Å². The molecule has 200 valence electrons. The zero-order valence-corrected chi connectivity index (χ0v) is 22.6. The fourth-order valence-corrected chi connectivity index (χ4v) is 7.30. The number of methoxy groups -OCH3 is 1. The van der Waals surface area contributed by atoms with Gasteiger partial charge in [0, 0.05) is 37.8 Å². The monoisotopic (exact) mass is 528 g/mol. The summed E-state index contributed by atoms with van der Waals surface area (Å²) < 4.78 is 45.4. The van der Waals surface area contributed by atoms with Crippen molar-refractivity contribution in [3.05, 3.63) is 64.7 Å². The SMILES string of the molecule is COC1CN(C(=O)c2cc(C)ccc2C)CC1Oc1cccc(CS(=O)(=O)N2CCC3(CCOC3)C2)c1. The summed E-state index contributed by atoms with van der Waals surface area (Å²) in [6.45, 7) is 7.18. The number of likely N-dealkylation sites (tertiary alicyclic amines) is 1. The maximum atomic E-state index is 13.2. The summed E-state index contributed by atoms with van der Waals surface area (Å²) >= 11 is 0. The molecule has 1 amide bonds. The number of sulfonamides is 1. The Morgan fingerprint density at radius 1 is 1.11 bits per heavy atom. The van der Waals surface area contributed by atoms with Crippen LogP contribution in [-0.2, 0) is 25.2 Å². The lowest BCUT2D eigenvalue weighted by Crippen LogP contribution is -2.33. The Labute approximate surface area is 219 Å². The van der Waals surface area contributed by atoms with E-state index in [9.17, 15) is 13.2 Å². The molecule has 8 nitrogen and oxygen atoms in total. The quantitative estimate of drug-likeness (QED) is 0.549. The third-order valence-corrected chi connectivity index (χ3v) is 9.74. The van der Waals surface area contributed by atoms with E-state index in [0.717, 1.165) is 24.0 Å². The van der Waals surface area contributed by atoms with E-state index in [1.165, 1.54) is 0 Å². The topological polar surface area (TPSA) is 85.4 Å². The van der Waals surface area contributed by atoms with Gasteiger partial charge >= 0.3 is 0 Å². The van der Waals surface area contributed by atoms with E-state index in [1.807, 2.05) is 50.2 Å². The van der Waals surface area contributed by atoms with E-state index in [2.05, 4.69) is 0 Å². The summed E-state index contributed by atoms with van der Waals surface area (Å²) in [5.74, 6) is 0.463. The highest BCUT2D eigenvalue weighted by Gasteiger charge is 2.45. The number of nitrogens with zero attached hydrogens (tertiary/aromatic N) is 2. The highest BCUT2D eigenvalue weighted by atomic mass is 32.2. The fraction of sp³-hybridized carbons (Fsp3) is 0.536. The van der Waals surface area contributed by atoms with Crippen LogP contribution in [0.25, 0.3) is 0 Å². The predicted octanol–water partition coefficient (Wildman–Crippen LogP) is 3.16. The van der Waals surface area contributed by atoms with Gasteiger partial charge in [0.25, 0.3) is 5.91 Å². The summed E-state index contributed by atoms with van der Waals surface area (Å²) in [5, 5.41) is 0. The summed E-state index contributed by atoms with van der Waals surface area (Å²) in [6.07, 6.45) is 1.14. The molecule has 0 saturated carbocycles. The lowest BCUT2D eigenvalue weighted by molar-refractivity contribution is 0.0339. The van der Waals surface area contributed by atoms with E-state index in [-0.39, 0.29) is 29.3 Å². The van der Waals surface area contributed by atoms with Crippen molar-refractivity contribution >= 4 is 15.9 Å². The summed E-state index contributed by atoms with van der Waals surface area (Å²) in [4.78, 5) is 15.0. The van der Waals surface area contributed by atoms with Gasteiger partial charge < -0.3 is 19.1 Å².